The zero-order valence-corrected chi connectivity index (χ0v) is 25.6. The summed E-state index contributed by atoms with van der Waals surface area (Å²) in [4.78, 5) is 15.6. The molecule has 8 nitrogen and oxygen atoms in total. The van der Waals surface area contributed by atoms with E-state index in [1.807, 2.05) is 43.3 Å². The first-order valence-corrected chi connectivity index (χ1v) is 16.0. The van der Waals surface area contributed by atoms with Crippen LogP contribution in [0.25, 0.3) is 16.7 Å². The molecular formula is C30H36ClF2N7OS. The fraction of sp³-hybridized carbons (Fsp3) is 0.400. The second-order valence-electron chi connectivity index (χ2n) is 11.2. The molecule has 1 unspecified atom stereocenters. The SMILES string of the molecule is C=S(=O)(NCC1CCC(CNc2nc(N(C)C)c3ccccc3n2)CC1)c1cccn1-c1ncc(C(C)(F)F)cc1Cl. The molecule has 5 rings (SSSR count). The van der Waals surface area contributed by atoms with E-state index in [9.17, 15) is 13.0 Å². The summed E-state index contributed by atoms with van der Waals surface area (Å²) < 4.78 is 45.8. The van der Waals surface area contributed by atoms with Gasteiger partial charge in [0, 0.05) is 57.5 Å². The topological polar surface area (TPSA) is 88.0 Å². The Kier molecular flexibility index (Phi) is 8.73. The molecule has 42 heavy (non-hydrogen) atoms. The van der Waals surface area contributed by atoms with E-state index >= 15 is 0 Å². The van der Waals surface area contributed by atoms with Crippen molar-refractivity contribution in [1.82, 2.24) is 24.2 Å². The number of pyridine rings is 1. The van der Waals surface area contributed by atoms with Crippen LogP contribution in [0.1, 0.15) is 38.2 Å². The Labute approximate surface area is 250 Å². The summed E-state index contributed by atoms with van der Waals surface area (Å²) in [5, 5.41) is 4.90. The van der Waals surface area contributed by atoms with Gasteiger partial charge in [0.05, 0.1) is 20.2 Å². The van der Waals surface area contributed by atoms with Gasteiger partial charge in [-0.05, 0) is 73.7 Å². The molecule has 3 heterocycles. The molecule has 0 aliphatic heterocycles. The Morgan fingerprint density at radius 2 is 1.79 bits per heavy atom. The lowest BCUT2D eigenvalue weighted by atomic mass is 9.82. The third-order valence-electron chi connectivity index (χ3n) is 7.73. The first kappa shape index (κ1) is 30.2. The molecule has 0 bridgehead atoms. The van der Waals surface area contributed by atoms with Crippen molar-refractivity contribution >= 4 is 49.8 Å². The van der Waals surface area contributed by atoms with Crippen LogP contribution >= 0.6 is 11.6 Å². The van der Waals surface area contributed by atoms with E-state index in [0.29, 0.717) is 29.4 Å². The van der Waals surface area contributed by atoms with Gasteiger partial charge in [-0.3, -0.25) is 4.57 Å². The van der Waals surface area contributed by atoms with E-state index in [2.05, 4.69) is 20.9 Å². The molecule has 1 aliphatic carbocycles. The minimum atomic E-state index is -3.06. The van der Waals surface area contributed by atoms with Crippen LogP contribution in [0.4, 0.5) is 20.5 Å². The minimum Gasteiger partial charge on any atom is -0.362 e. The summed E-state index contributed by atoms with van der Waals surface area (Å²) in [7, 11) is 1.06. The van der Waals surface area contributed by atoms with Crippen molar-refractivity contribution in [3.63, 3.8) is 0 Å². The number of alkyl halides is 2. The Balaban J connectivity index is 1.16. The van der Waals surface area contributed by atoms with E-state index in [1.54, 1.807) is 22.9 Å². The van der Waals surface area contributed by atoms with Crippen LogP contribution in [0.15, 0.2) is 59.9 Å². The summed E-state index contributed by atoms with van der Waals surface area (Å²) in [6, 6.07) is 12.6. The van der Waals surface area contributed by atoms with Crippen molar-refractivity contribution in [2.24, 2.45) is 11.8 Å². The summed E-state index contributed by atoms with van der Waals surface area (Å²) in [6.45, 7) is 2.13. The molecule has 2 N–H and O–H groups in total. The van der Waals surface area contributed by atoms with Crippen molar-refractivity contribution in [2.45, 2.75) is 43.6 Å². The molecule has 1 aromatic carbocycles. The van der Waals surface area contributed by atoms with Crippen LogP contribution in [0.2, 0.25) is 5.02 Å². The highest BCUT2D eigenvalue weighted by Gasteiger charge is 2.27. The average molecular weight is 616 g/mol. The number of fused-ring (bicyclic) bond motifs is 1. The van der Waals surface area contributed by atoms with Crippen molar-refractivity contribution < 1.29 is 13.0 Å². The van der Waals surface area contributed by atoms with Gasteiger partial charge in [0.1, 0.15) is 10.8 Å². The van der Waals surface area contributed by atoms with Gasteiger partial charge in [0.2, 0.25) is 5.95 Å². The van der Waals surface area contributed by atoms with Crippen LogP contribution in [-0.4, -0.2) is 56.8 Å². The number of anilines is 2. The monoisotopic (exact) mass is 615 g/mol. The Hall–Kier alpha value is -3.28. The highest BCUT2D eigenvalue weighted by atomic mass is 35.5. The minimum absolute atomic E-state index is 0.0423. The zero-order chi connectivity index (χ0) is 30.1. The number of rotatable bonds is 10. The molecule has 4 aromatic rings. The Morgan fingerprint density at radius 1 is 1.10 bits per heavy atom. The molecule has 0 spiro atoms. The first-order chi connectivity index (χ1) is 19.9. The van der Waals surface area contributed by atoms with Gasteiger partial charge in [-0.2, -0.15) is 4.98 Å². The van der Waals surface area contributed by atoms with E-state index < -0.39 is 15.6 Å². The van der Waals surface area contributed by atoms with Crippen molar-refractivity contribution in [3.8, 4) is 5.82 Å². The van der Waals surface area contributed by atoms with Crippen LogP contribution in [0.3, 0.4) is 0 Å². The van der Waals surface area contributed by atoms with Crippen LogP contribution in [-0.2, 0) is 15.6 Å². The second kappa shape index (κ2) is 12.1. The summed E-state index contributed by atoms with van der Waals surface area (Å²) in [5.41, 5.74) is 0.626. The largest absolute Gasteiger partial charge is 0.362 e. The van der Waals surface area contributed by atoms with Crippen molar-refractivity contribution in [1.29, 1.82) is 0 Å². The van der Waals surface area contributed by atoms with Crippen molar-refractivity contribution in [3.05, 3.63) is 65.4 Å². The van der Waals surface area contributed by atoms with Crippen molar-refractivity contribution in [2.75, 3.05) is 37.4 Å². The van der Waals surface area contributed by atoms with Gasteiger partial charge in [-0.1, -0.05) is 23.7 Å². The fourth-order valence-corrected chi connectivity index (χ4v) is 7.01. The number of benzene rings is 1. The molecule has 224 valence electrons. The number of para-hydroxylation sites is 1. The molecule has 0 amide bonds. The normalized spacial score (nSPS) is 19.0. The van der Waals surface area contributed by atoms with E-state index in [1.165, 1.54) is 6.07 Å². The van der Waals surface area contributed by atoms with E-state index in [0.717, 1.165) is 62.1 Å². The van der Waals surface area contributed by atoms with Gasteiger partial charge >= 0.3 is 0 Å². The smallest absolute Gasteiger partial charge is 0.272 e. The standard InChI is InChI=1S/C30H36ClF2N7OS/c1-30(32,33)22-16-24(31)28(34-19-22)40-15-7-10-26(40)42(4,41)36-18-21-13-11-20(12-14-21)17-35-29-37-25-9-6-5-8-23(25)27(38-29)39(2)3/h5-10,15-16,19-21H,4,11-14,17-18H2,1-3H3,(H,36,41)(H,35,37,38). The highest BCUT2D eigenvalue weighted by molar-refractivity contribution is 7.98. The molecule has 1 saturated carbocycles. The van der Waals surface area contributed by atoms with Gasteiger partial charge < -0.3 is 10.2 Å². The molecule has 1 aliphatic rings. The quantitative estimate of drug-likeness (QED) is 0.208. The maximum atomic E-state index is 13.7. The number of aromatic nitrogens is 4. The Bertz CT molecular complexity index is 1660. The number of halogens is 3. The number of nitrogens with one attached hydrogen (secondary N) is 2. The third-order valence-corrected chi connectivity index (χ3v) is 9.65. The summed E-state index contributed by atoms with van der Waals surface area (Å²) >= 11 is 6.31. The molecule has 0 saturated heterocycles. The number of hydrogen-bond donors (Lipinski definition) is 2. The predicted molar refractivity (Wildman–Crippen MR) is 167 cm³/mol. The fourth-order valence-electron chi connectivity index (χ4n) is 5.34. The summed E-state index contributed by atoms with van der Waals surface area (Å²) in [5.74, 6) is 3.50. The lowest BCUT2D eigenvalue weighted by Gasteiger charge is -2.29. The van der Waals surface area contributed by atoms with Gasteiger partial charge in [-0.25, -0.2) is 27.7 Å². The number of hydrogen-bond acceptors (Lipinski definition) is 6. The van der Waals surface area contributed by atoms with Gasteiger partial charge in [0.25, 0.3) is 5.92 Å². The zero-order valence-electron chi connectivity index (χ0n) is 24.0. The van der Waals surface area contributed by atoms with E-state index in [4.69, 9.17) is 21.6 Å². The molecule has 1 atom stereocenters. The van der Waals surface area contributed by atoms with Gasteiger partial charge in [-0.15, -0.1) is 0 Å². The van der Waals surface area contributed by atoms with Crippen LogP contribution < -0.4 is 14.9 Å². The van der Waals surface area contributed by atoms with Gasteiger partial charge in [0.15, 0.2) is 5.82 Å². The predicted octanol–water partition coefficient (Wildman–Crippen LogP) is 6.15. The lowest BCUT2D eigenvalue weighted by molar-refractivity contribution is 0.0171. The summed E-state index contributed by atoms with van der Waals surface area (Å²) in [6.07, 6.45) is 6.81. The maximum Gasteiger partial charge on any atom is 0.272 e. The Morgan fingerprint density at radius 3 is 2.45 bits per heavy atom. The second-order valence-corrected chi connectivity index (χ2v) is 13.7. The highest BCUT2D eigenvalue weighted by Crippen LogP contribution is 2.32. The average Bonchev–Trinajstić information content (AvgIpc) is 3.45. The van der Waals surface area contributed by atoms with Crippen LogP contribution in [0, 0.1) is 11.8 Å². The molecule has 0 radical (unpaired) electrons. The number of nitrogens with zero attached hydrogens (tertiary/aromatic N) is 5. The lowest BCUT2D eigenvalue weighted by Crippen LogP contribution is -2.33. The van der Waals surface area contributed by atoms with E-state index in [-0.39, 0.29) is 16.4 Å². The molecule has 3 aromatic heterocycles. The first-order valence-electron chi connectivity index (χ1n) is 13.9. The maximum absolute atomic E-state index is 13.7. The molecule has 1 fully saturated rings. The van der Waals surface area contributed by atoms with Crippen LogP contribution in [0.5, 0.6) is 0 Å². The third kappa shape index (κ3) is 6.68. The molecule has 12 heteroatoms. The molecular weight excluding hydrogens is 580 g/mol.